The summed E-state index contributed by atoms with van der Waals surface area (Å²) in [4.78, 5) is 12.7. The Hall–Kier alpha value is -1.62. The summed E-state index contributed by atoms with van der Waals surface area (Å²) in [6.45, 7) is 2.56. The number of carbonyl (C=O) groups is 1. The first-order valence-corrected chi connectivity index (χ1v) is 6.01. The van der Waals surface area contributed by atoms with Gasteiger partial charge < -0.3 is 5.32 Å². The predicted molar refractivity (Wildman–Crippen MR) is 63.5 cm³/mol. The molecule has 0 saturated heterocycles. The number of amides is 1. The third-order valence-electron chi connectivity index (χ3n) is 2.34. The third kappa shape index (κ3) is 2.30. The molecular weight excluding hydrogens is 222 g/mol. The summed E-state index contributed by atoms with van der Waals surface area (Å²) >= 11 is 1.48. The van der Waals surface area contributed by atoms with E-state index in [0.717, 1.165) is 22.4 Å². The summed E-state index contributed by atoms with van der Waals surface area (Å²) in [6.07, 6.45) is 4.36. The largest absolute Gasteiger partial charge is 0.347 e. The number of hydrogen-bond donors (Lipinski definition) is 2. The topological polar surface area (TPSA) is 57.8 Å². The minimum Gasteiger partial charge on any atom is -0.347 e. The van der Waals surface area contributed by atoms with Gasteiger partial charge in [-0.15, -0.1) is 11.3 Å². The first-order valence-electron chi connectivity index (χ1n) is 5.13. The van der Waals surface area contributed by atoms with Gasteiger partial charge in [-0.3, -0.25) is 9.89 Å². The van der Waals surface area contributed by atoms with Gasteiger partial charge in [-0.25, -0.2) is 0 Å². The minimum atomic E-state index is -0.00644. The van der Waals surface area contributed by atoms with Gasteiger partial charge in [0.25, 0.3) is 5.91 Å². The molecule has 2 heterocycles. The molecule has 0 aliphatic heterocycles. The minimum absolute atomic E-state index is 0.00644. The zero-order valence-electron chi connectivity index (χ0n) is 8.99. The van der Waals surface area contributed by atoms with Gasteiger partial charge in [0.15, 0.2) is 0 Å². The maximum atomic E-state index is 11.8. The normalized spacial score (nSPS) is 10.3. The van der Waals surface area contributed by atoms with Crippen molar-refractivity contribution >= 4 is 17.2 Å². The SMILES string of the molecule is CCc1ccsc1C(=O)NCc1cn[nH]c1. The number of nitrogens with one attached hydrogen (secondary N) is 2. The molecule has 2 N–H and O–H groups in total. The van der Waals surface area contributed by atoms with Crippen molar-refractivity contribution < 1.29 is 4.79 Å². The molecular formula is C11H13N3OS. The molecule has 0 aliphatic rings. The van der Waals surface area contributed by atoms with Crippen molar-refractivity contribution in [3.63, 3.8) is 0 Å². The summed E-state index contributed by atoms with van der Waals surface area (Å²) in [5, 5.41) is 11.4. The van der Waals surface area contributed by atoms with Crippen molar-refractivity contribution in [3.8, 4) is 0 Å². The average Bonchev–Trinajstić information content (AvgIpc) is 2.96. The van der Waals surface area contributed by atoms with Crippen molar-refractivity contribution in [2.75, 3.05) is 0 Å². The van der Waals surface area contributed by atoms with Crippen LogP contribution < -0.4 is 5.32 Å². The van der Waals surface area contributed by atoms with E-state index >= 15 is 0 Å². The lowest BCUT2D eigenvalue weighted by Crippen LogP contribution is -2.22. The highest BCUT2D eigenvalue weighted by molar-refractivity contribution is 7.12. The molecule has 2 aromatic heterocycles. The molecule has 0 aromatic carbocycles. The second-order valence-electron chi connectivity index (χ2n) is 3.42. The van der Waals surface area contributed by atoms with Crippen molar-refractivity contribution in [3.05, 3.63) is 39.8 Å². The Morgan fingerprint density at radius 2 is 2.50 bits per heavy atom. The highest BCUT2D eigenvalue weighted by Crippen LogP contribution is 2.17. The van der Waals surface area contributed by atoms with Gasteiger partial charge in [0.1, 0.15) is 0 Å². The summed E-state index contributed by atoms with van der Waals surface area (Å²) in [5.74, 6) is -0.00644. The number of hydrogen-bond acceptors (Lipinski definition) is 3. The molecule has 1 amide bonds. The second kappa shape index (κ2) is 4.94. The summed E-state index contributed by atoms with van der Waals surface area (Å²) in [6, 6.07) is 2.00. The van der Waals surface area contributed by atoms with Gasteiger partial charge in [-0.2, -0.15) is 5.10 Å². The van der Waals surface area contributed by atoms with Crippen LogP contribution in [0.2, 0.25) is 0 Å². The molecule has 16 heavy (non-hydrogen) atoms. The summed E-state index contributed by atoms with van der Waals surface area (Å²) in [5.41, 5.74) is 2.08. The van der Waals surface area contributed by atoms with Crippen molar-refractivity contribution in [1.29, 1.82) is 0 Å². The first-order chi connectivity index (χ1) is 7.81. The smallest absolute Gasteiger partial charge is 0.261 e. The zero-order valence-corrected chi connectivity index (χ0v) is 9.80. The van der Waals surface area contributed by atoms with Gasteiger partial charge >= 0.3 is 0 Å². The Morgan fingerprint density at radius 3 is 3.19 bits per heavy atom. The van der Waals surface area contributed by atoms with E-state index in [1.807, 2.05) is 11.4 Å². The lowest BCUT2D eigenvalue weighted by atomic mass is 10.2. The molecule has 2 aromatic rings. The average molecular weight is 235 g/mol. The molecule has 84 valence electrons. The Balaban J connectivity index is 1.98. The van der Waals surface area contributed by atoms with E-state index in [4.69, 9.17) is 0 Å². The van der Waals surface area contributed by atoms with Crippen LogP contribution in [-0.4, -0.2) is 16.1 Å². The zero-order chi connectivity index (χ0) is 11.4. The van der Waals surface area contributed by atoms with Crippen molar-refractivity contribution in [2.45, 2.75) is 19.9 Å². The van der Waals surface area contributed by atoms with Gasteiger partial charge in [0.2, 0.25) is 0 Å². The van der Waals surface area contributed by atoms with Gasteiger partial charge in [0, 0.05) is 18.3 Å². The Kier molecular flexibility index (Phi) is 3.36. The number of nitrogens with zero attached hydrogens (tertiary/aromatic N) is 1. The van der Waals surface area contributed by atoms with Crippen LogP contribution in [0, 0.1) is 0 Å². The predicted octanol–water partition coefficient (Wildman–Crippen LogP) is 1.96. The molecule has 0 radical (unpaired) electrons. The summed E-state index contributed by atoms with van der Waals surface area (Å²) in [7, 11) is 0. The van der Waals surface area contributed by atoms with Gasteiger partial charge in [0.05, 0.1) is 11.1 Å². The van der Waals surface area contributed by atoms with E-state index in [0.29, 0.717) is 6.54 Å². The van der Waals surface area contributed by atoms with Crippen LogP contribution >= 0.6 is 11.3 Å². The monoisotopic (exact) mass is 235 g/mol. The van der Waals surface area contributed by atoms with Crippen molar-refractivity contribution in [2.24, 2.45) is 0 Å². The number of rotatable bonds is 4. The standard InChI is InChI=1S/C11H13N3OS/c1-2-9-3-4-16-10(9)11(15)12-5-8-6-13-14-7-8/h3-4,6-7H,2,5H2,1H3,(H,12,15)(H,13,14). The quantitative estimate of drug-likeness (QED) is 0.851. The molecule has 0 saturated carbocycles. The van der Waals surface area contributed by atoms with E-state index in [9.17, 15) is 4.79 Å². The Bertz CT molecular complexity index is 461. The van der Waals surface area contributed by atoms with E-state index in [1.54, 1.807) is 12.4 Å². The fourth-order valence-electron chi connectivity index (χ4n) is 1.45. The second-order valence-corrected chi connectivity index (χ2v) is 4.33. The fraction of sp³-hybridized carbons (Fsp3) is 0.273. The number of thiophene rings is 1. The van der Waals surface area contributed by atoms with Crippen molar-refractivity contribution in [1.82, 2.24) is 15.5 Å². The highest BCUT2D eigenvalue weighted by atomic mass is 32.1. The molecule has 2 rings (SSSR count). The van der Waals surface area contributed by atoms with Gasteiger partial charge in [-0.05, 0) is 23.4 Å². The number of carbonyl (C=O) groups excluding carboxylic acids is 1. The Morgan fingerprint density at radius 1 is 1.62 bits per heavy atom. The van der Waals surface area contributed by atoms with E-state index in [1.165, 1.54) is 11.3 Å². The Labute approximate surface area is 97.7 Å². The molecule has 4 nitrogen and oxygen atoms in total. The van der Waals surface area contributed by atoms with Gasteiger partial charge in [-0.1, -0.05) is 6.92 Å². The molecule has 0 fully saturated rings. The number of aromatic nitrogens is 2. The van der Waals surface area contributed by atoms with Crippen LogP contribution in [0.15, 0.2) is 23.8 Å². The lowest BCUT2D eigenvalue weighted by molar-refractivity contribution is 0.0954. The third-order valence-corrected chi connectivity index (χ3v) is 3.30. The molecule has 0 unspecified atom stereocenters. The molecule has 0 bridgehead atoms. The molecule has 5 heteroatoms. The molecule has 0 spiro atoms. The maximum Gasteiger partial charge on any atom is 0.261 e. The van der Waals surface area contributed by atoms with Crippen LogP contribution in [-0.2, 0) is 13.0 Å². The molecule has 0 aliphatic carbocycles. The van der Waals surface area contributed by atoms with E-state index in [-0.39, 0.29) is 5.91 Å². The van der Waals surface area contributed by atoms with Crippen LogP contribution in [0.1, 0.15) is 27.7 Å². The summed E-state index contributed by atoms with van der Waals surface area (Å²) < 4.78 is 0. The molecule has 0 atom stereocenters. The van der Waals surface area contributed by atoms with E-state index < -0.39 is 0 Å². The number of aryl methyl sites for hydroxylation is 1. The van der Waals surface area contributed by atoms with Crippen LogP contribution in [0.25, 0.3) is 0 Å². The van der Waals surface area contributed by atoms with Crippen LogP contribution in [0.4, 0.5) is 0 Å². The van der Waals surface area contributed by atoms with Crippen LogP contribution in [0.5, 0.6) is 0 Å². The highest BCUT2D eigenvalue weighted by Gasteiger charge is 2.11. The number of H-pyrrole nitrogens is 1. The lowest BCUT2D eigenvalue weighted by Gasteiger charge is -2.03. The fourth-order valence-corrected chi connectivity index (χ4v) is 2.36. The first kappa shape index (κ1) is 10.9. The maximum absolute atomic E-state index is 11.8. The van der Waals surface area contributed by atoms with E-state index in [2.05, 4.69) is 22.4 Å². The number of aromatic amines is 1. The van der Waals surface area contributed by atoms with Crippen LogP contribution in [0.3, 0.4) is 0 Å².